The number of esters is 1. The molecule has 1 atom stereocenters. The molecule has 1 aliphatic rings. The average molecular weight is 607 g/mol. The highest BCUT2D eigenvalue weighted by Crippen LogP contribution is 2.26. The van der Waals surface area contributed by atoms with E-state index in [0.717, 1.165) is 6.42 Å². The summed E-state index contributed by atoms with van der Waals surface area (Å²) < 4.78 is 17.2. The van der Waals surface area contributed by atoms with Crippen LogP contribution in [0.15, 0.2) is 53.0 Å². The van der Waals surface area contributed by atoms with E-state index >= 15 is 0 Å². The molecule has 204 valence electrons. The van der Waals surface area contributed by atoms with Gasteiger partial charge < -0.3 is 24.4 Å². The molecule has 9 nitrogen and oxygen atoms in total. The summed E-state index contributed by atoms with van der Waals surface area (Å²) in [5.41, 5.74) is 0.367. The van der Waals surface area contributed by atoms with E-state index in [9.17, 15) is 14.4 Å². The summed E-state index contributed by atoms with van der Waals surface area (Å²) in [5.74, 6) is 0.467. The molecule has 2 N–H and O–H groups in total. The van der Waals surface area contributed by atoms with Crippen molar-refractivity contribution < 1.29 is 28.6 Å². The van der Waals surface area contributed by atoms with E-state index in [-0.39, 0.29) is 30.7 Å². The Labute approximate surface area is 236 Å². The molecule has 0 aliphatic carbocycles. The van der Waals surface area contributed by atoms with Crippen LogP contribution in [0.4, 0.5) is 0 Å². The average Bonchev–Trinajstić information content (AvgIpc) is 2.89. The van der Waals surface area contributed by atoms with Crippen LogP contribution in [-0.2, 0) is 14.3 Å². The van der Waals surface area contributed by atoms with Gasteiger partial charge >= 0.3 is 5.97 Å². The lowest BCUT2D eigenvalue weighted by atomic mass is 10.1. The molecule has 2 aromatic carbocycles. The highest BCUT2D eigenvalue weighted by atomic mass is 79.9. The van der Waals surface area contributed by atoms with Gasteiger partial charge in [0, 0.05) is 18.7 Å². The zero-order valence-corrected chi connectivity index (χ0v) is 23.8. The predicted molar refractivity (Wildman–Crippen MR) is 150 cm³/mol. The molecule has 0 bridgehead atoms. The summed E-state index contributed by atoms with van der Waals surface area (Å²) in [5, 5.41) is 5.46. The molecule has 2 amide bonds. The highest BCUT2D eigenvalue weighted by molar-refractivity contribution is 9.10. The van der Waals surface area contributed by atoms with Gasteiger partial charge in [-0.25, -0.2) is 0 Å². The van der Waals surface area contributed by atoms with Crippen LogP contribution >= 0.6 is 28.1 Å². The maximum atomic E-state index is 12.9. The van der Waals surface area contributed by atoms with Gasteiger partial charge in [0.1, 0.15) is 30.8 Å². The number of carbonyl (C=O) groups excluding carboxylic acids is 3. The van der Waals surface area contributed by atoms with Gasteiger partial charge in [0.05, 0.1) is 17.5 Å². The number of ether oxygens (including phenoxy) is 3. The summed E-state index contributed by atoms with van der Waals surface area (Å²) in [6.07, 6.45) is 0.698. The number of halogens is 1. The molecule has 2 aromatic rings. The molecule has 0 saturated carbocycles. The Bertz CT molecular complexity index is 1130. The van der Waals surface area contributed by atoms with Crippen molar-refractivity contribution in [2.45, 2.75) is 32.7 Å². The van der Waals surface area contributed by atoms with Gasteiger partial charge in [-0.05, 0) is 70.8 Å². The molecule has 0 aromatic heterocycles. The first-order valence-electron chi connectivity index (χ1n) is 12.4. The van der Waals surface area contributed by atoms with Gasteiger partial charge in [0.15, 0.2) is 5.11 Å². The molecule has 38 heavy (non-hydrogen) atoms. The summed E-state index contributed by atoms with van der Waals surface area (Å²) in [4.78, 5) is 39.4. The monoisotopic (exact) mass is 605 g/mol. The number of thiocarbonyl (C=S) groups is 1. The number of amides is 2. The third-order valence-electron chi connectivity index (χ3n) is 5.68. The molecule has 1 unspecified atom stereocenters. The lowest BCUT2D eigenvalue weighted by Crippen LogP contribution is -2.60. The summed E-state index contributed by atoms with van der Waals surface area (Å²) in [7, 11) is 0. The predicted octanol–water partition coefficient (Wildman–Crippen LogP) is 3.70. The van der Waals surface area contributed by atoms with Crippen LogP contribution in [0.25, 0.3) is 0 Å². The molecular weight excluding hydrogens is 574 g/mol. The molecule has 1 saturated heterocycles. The number of piperazine rings is 1. The van der Waals surface area contributed by atoms with Gasteiger partial charge in [0.25, 0.3) is 5.91 Å². The van der Waals surface area contributed by atoms with Crippen LogP contribution in [0.3, 0.4) is 0 Å². The molecule has 0 spiro atoms. The first-order chi connectivity index (χ1) is 18.2. The molecule has 3 rings (SSSR count). The van der Waals surface area contributed by atoms with Crippen molar-refractivity contribution in [2.24, 2.45) is 5.92 Å². The number of hydrogen-bond acceptors (Lipinski definition) is 7. The van der Waals surface area contributed by atoms with Gasteiger partial charge in [-0.2, -0.15) is 0 Å². The number of carbonyl (C=O) groups is 3. The van der Waals surface area contributed by atoms with Crippen LogP contribution in [0, 0.1) is 5.92 Å². The van der Waals surface area contributed by atoms with Crippen LogP contribution < -0.4 is 20.1 Å². The molecule has 1 heterocycles. The maximum Gasteiger partial charge on any atom is 0.308 e. The SMILES string of the molecule is CC(C)CCOc1ccc(C(=O)NC(=S)N2CCNC(=O)C2CC(=O)OCCOc2ccccc2)cc1Br. The van der Waals surface area contributed by atoms with E-state index in [4.69, 9.17) is 26.4 Å². The van der Waals surface area contributed by atoms with Crippen molar-refractivity contribution in [3.05, 3.63) is 58.6 Å². The first-order valence-corrected chi connectivity index (χ1v) is 13.6. The van der Waals surface area contributed by atoms with Gasteiger partial charge in [-0.3, -0.25) is 19.7 Å². The zero-order valence-electron chi connectivity index (χ0n) is 21.4. The Hall–Kier alpha value is -3.18. The fourth-order valence-electron chi connectivity index (χ4n) is 3.61. The summed E-state index contributed by atoms with van der Waals surface area (Å²) in [6.45, 7) is 5.71. The third-order valence-corrected chi connectivity index (χ3v) is 6.63. The number of benzene rings is 2. The first kappa shape index (κ1) is 29.4. The van der Waals surface area contributed by atoms with Crippen LogP contribution in [0.2, 0.25) is 0 Å². The third kappa shape index (κ3) is 8.98. The minimum Gasteiger partial charge on any atom is -0.492 e. The molecule has 1 aliphatic heterocycles. The van der Waals surface area contributed by atoms with E-state index in [1.807, 2.05) is 18.2 Å². The minimum atomic E-state index is -0.900. The number of nitrogens with zero attached hydrogens (tertiary/aromatic N) is 1. The highest BCUT2D eigenvalue weighted by Gasteiger charge is 2.34. The van der Waals surface area contributed by atoms with Crippen molar-refractivity contribution in [1.82, 2.24) is 15.5 Å². The topological polar surface area (TPSA) is 106 Å². The molecule has 1 fully saturated rings. The Morgan fingerprint density at radius 3 is 2.61 bits per heavy atom. The second-order valence-corrected chi connectivity index (χ2v) is 10.3. The number of hydrogen-bond donors (Lipinski definition) is 2. The normalized spacial score (nSPS) is 15.0. The van der Waals surface area contributed by atoms with Crippen LogP contribution in [0.1, 0.15) is 37.0 Å². The largest absolute Gasteiger partial charge is 0.492 e. The quantitative estimate of drug-likeness (QED) is 0.227. The van der Waals surface area contributed by atoms with Crippen molar-refractivity contribution >= 4 is 51.0 Å². The zero-order chi connectivity index (χ0) is 27.5. The number of para-hydroxylation sites is 1. The molecule has 11 heteroatoms. The number of nitrogens with one attached hydrogen (secondary N) is 2. The maximum absolute atomic E-state index is 12.9. The fourth-order valence-corrected chi connectivity index (χ4v) is 4.42. The van der Waals surface area contributed by atoms with E-state index in [1.54, 1.807) is 30.3 Å². The standard InChI is InChI=1S/C27H32BrN3O6S/c1-18(2)10-13-36-23-9-8-19(16-21(23)28)25(33)30-27(38)31-12-11-29-26(34)22(31)17-24(32)37-15-14-35-20-6-4-3-5-7-20/h3-9,16,18,22H,10-15,17H2,1-2H3,(H,29,34)(H,30,33,38). The fraction of sp³-hybridized carbons (Fsp3) is 0.407. The Kier molecular flexibility index (Phi) is 11.3. The lowest BCUT2D eigenvalue weighted by molar-refractivity contribution is -0.148. The molecule has 0 radical (unpaired) electrons. The Balaban J connectivity index is 1.52. The van der Waals surface area contributed by atoms with E-state index in [0.29, 0.717) is 47.1 Å². The van der Waals surface area contributed by atoms with Crippen molar-refractivity contribution in [3.63, 3.8) is 0 Å². The minimum absolute atomic E-state index is 0.0370. The van der Waals surface area contributed by atoms with E-state index in [1.165, 1.54) is 4.90 Å². The van der Waals surface area contributed by atoms with Gasteiger partial charge in [0.2, 0.25) is 5.91 Å². The second kappa shape index (κ2) is 14.7. The number of rotatable bonds is 11. The van der Waals surface area contributed by atoms with Crippen molar-refractivity contribution in [2.75, 3.05) is 32.9 Å². The van der Waals surface area contributed by atoms with Crippen molar-refractivity contribution in [3.8, 4) is 11.5 Å². The summed E-state index contributed by atoms with van der Waals surface area (Å²) >= 11 is 8.89. The van der Waals surface area contributed by atoms with E-state index < -0.39 is 17.9 Å². The Morgan fingerprint density at radius 1 is 1.13 bits per heavy atom. The smallest absolute Gasteiger partial charge is 0.308 e. The van der Waals surface area contributed by atoms with Crippen LogP contribution in [0.5, 0.6) is 11.5 Å². The van der Waals surface area contributed by atoms with Crippen molar-refractivity contribution in [1.29, 1.82) is 0 Å². The van der Waals surface area contributed by atoms with Crippen LogP contribution in [-0.4, -0.2) is 66.7 Å². The van der Waals surface area contributed by atoms with Gasteiger partial charge in [-0.1, -0.05) is 32.0 Å². The Morgan fingerprint density at radius 2 is 1.89 bits per heavy atom. The molecular formula is C27H32BrN3O6S. The summed E-state index contributed by atoms with van der Waals surface area (Å²) in [6, 6.07) is 13.3. The van der Waals surface area contributed by atoms with Gasteiger partial charge in [-0.15, -0.1) is 0 Å². The second-order valence-electron chi connectivity index (χ2n) is 9.02. The van der Waals surface area contributed by atoms with E-state index in [2.05, 4.69) is 40.4 Å². The lowest BCUT2D eigenvalue weighted by Gasteiger charge is -2.36.